The van der Waals surface area contributed by atoms with Gasteiger partial charge in [-0.15, -0.1) is 0 Å². The van der Waals surface area contributed by atoms with Gasteiger partial charge in [0.1, 0.15) is 5.82 Å². The maximum absolute atomic E-state index is 5.87. The Morgan fingerprint density at radius 1 is 1.07 bits per heavy atom. The van der Waals surface area contributed by atoms with Crippen LogP contribution in [0.25, 0.3) is 0 Å². The summed E-state index contributed by atoms with van der Waals surface area (Å²) in [5.41, 5.74) is 2.29. The molecule has 28 heavy (non-hydrogen) atoms. The predicted octanol–water partition coefficient (Wildman–Crippen LogP) is 3.80. The second-order valence-electron chi connectivity index (χ2n) is 7.60. The summed E-state index contributed by atoms with van der Waals surface area (Å²) < 4.78 is 16.7. The molecular weight excluding hydrogens is 354 g/mol. The number of nitrogens with zero attached hydrogens (tertiary/aromatic N) is 3. The van der Waals surface area contributed by atoms with Crippen LogP contribution in [0.3, 0.4) is 0 Å². The molecule has 1 aromatic heterocycles. The van der Waals surface area contributed by atoms with Gasteiger partial charge in [0.15, 0.2) is 11.5 Å². The van der Waals surface area contributed by atoms with Gasteiger partial charge in [0, 0.05) is 50.1 Å². The van der Waals surface area contributed by atoms with Crippen molar-refractivity contribution in [2.45, 2.75) is 51.8 Å². The van der Waals surface area contributed by atoms with E-state index in [0.717, 1.165) is 62.0 Å². The van der Waals surface area contributed by atoms with Crippen molar-refractivity contribution in [3.05, 3.63) is 47.5 Å². The Labute approximate surface area is 167 Å². The minimum absolute atomic E-state index is 0.288. The first-order valence-electron chi connectivity index (χ1n) is 9.94. The van der Waals surface area contributed by atoms with Crippen molar-refractivity contribution < 1.29 is 14.2 Å². The predicted molar refractivity (Wildman–Crippen MR) is 109 cm³/mol. The summed E-state index contributed by atoms with van der Waals surface area (Å²) in [6.45, 7) is 7.55. The molecule has 0 unspecified atom stereocenters. The molecule has 1 saturated heterocycles. The molecule has 0 radical (unpaired) electrons. The summed E-state index contributed by atoms with van der Waals surface area (Å²) in [5, 5.41) is 0. The first kappa shape index (κ1) is 20.6. The van der Waals surface area contributed by atoms with Gasteiger partial charge in [-0.3, -0.25) is 4.90 Å². The Kier molecular flexibility index (Phi) is 7.23. The zero-order valence-corrected chi connectivity index (χ0v) is 17.4. The molecule has 0 N–H and O–H groups in total. The summed E-state index contributed by atoms with van der Waals surface area (Å²) in [6.07, 6.45) is 6.43. The molecular formula is C22H31N3O3. The lowest BCUT2D eigenvalue weighted by Gasteiger charge is -2.25. The number of hydrogen-bond acceptors (Lipinski definition) is 6. The highest BCUT2D eigenvalue weighted by atomic mass is 16.5. The minimum Gasteiger partial charge on any atom is -0.493 e. The van der Waals surface area contributed by atoms with Gasteiger partial charge in [-0.05, 0) is 30.5 Å². The van der Waals surface area contributed by atoms with Crippen LogP contribution in [-0.4, -0.2) is 48.3 Å². The lowest BCUT2D eigenvalue weighted by molar-refractivity contribution is 0.0678. The summed E-state index contributed by atoms with van der Waals surface area (Å²) in [4.78, 5) is 11.4. The third-order valence-electron chi connectivity index (χ3n) is 4.99. The molecule has 1 aliphatic heterocycles. The van der Waals surface area contributed by atoms with Gasteiger partial charge < -0.3 is 14.2 Å². The molecule has 0 amide bonds. The van der Waals surface area contributed by atoms with Crippen molar-refractivity contribution >= 4 is 0 Å². The molecule has 1 atom stereocenters. The zero-order valence-electron chi connectivity index (χ0n) is 17.4. The van der Waals surface area contributed by atoms with Gasteiger partial charge >= 0.3 is 0 Å². The quantitative estimate of drug-likeness (QED) is 0.654. The molecule has 2 heterocycles. The molecule has 0 saturated carbocycles. The molecule has 1 aliphatic rings. The number of aromatic nitrogens is 2. The Hall–Kier alpha value is -2.18. The van der Waals surface area contributed by atoms with E-state index in [2.05, 4.69) is 34.8 Å². The van der Waals surface area contributed by atoms with Crippen LogP contribution in [0.15, 0.2) is 30.6 Å². The van der Waals surface area contributed by atoms with Gasteiger partial charge in [-0.25, -0.2) is 9.97 Å². The van der Waals surface area contributed by atoms with Crippen LogP contribution in [0.1, 0.15) is 49.6 Å². The SMILES string of the molecule is COc1ccc(CN(Cc2cnc(C(C)C)nc2)C[C@@H]2CCCO2)cc1OC. The third-order valence-corrected chi connectivity index (χ3v) is 4.99. The summed E-state index contributed by atoms with van der Waals surface area (Å²) in [5.74, 6) is 2.72. The molecule has 0 spiro atoms. The Morgan fingerprint density at radius 3 is 2.39 bits per heavy atom. The minimum atomic E-state index is 0.288. The van der Waals surface area contributed by atoms with Crippen LogP contribution in [0.4, 0.5) is 0 Å². The normalized spacial score (nSPS) is 16.7. The molecule has 2 aromatic rings. The monoisotopic (exact) mass is 385 g/mol. The van der Waals surface area contributed by atoms with Crippen LogP contribution in [-0.2, 0) is 17.8 Å². The average molecular weight is 386 g/mol. The van der Waals surface area contributed by atoms with Crippen LogP contribution in [0, 0.1) is 0 Å². The van der Waals surface area contributed by atoms with E-state index in [0.29, 0.717) is 5.92 Å². The van der Waals surface area contributed by atoms with Gasteiger partial charge in [-0.1, -0.05) is 19.9 Å². The van der Waals surface area contributed by atoms with Crippen LogP contribution in [0.2, 0.25) is 0 Å². The zero-order chi connectivity index (χ0) is 19.9. The van der Waals surface area contributed by atoms with E-state index >= 15 is 0 Å². The fourth-order valence-corrected chi connectivity index (χ4v) is 3.50. The number of methoxy groups -OCH3 is 2. The Morgan fingerprint density at radius 2 is 1.79 bits per heavy atom. The molecule has 0 bridgehead atoms. The lowest BCUT2D eigenvalue weighted by atomic mass is 10.1. The number of benzene rings is 1. The lowest BCUT2D eigenvalue weighted by Crippen LogP contribution is -2.31. The highest BCUT2D eigenvalue weighted by Crippen LogP contribution is 2.28. The van der Waals surface area contributed by atoms with Crippen molar-refractivity contribution in [2.24, 2.45) is 0 Å². The maximum Gasteiger partial charge on any atom is 0.161 e. The van der Waals surface area contributed by atoms with Crippen molar-refractivity contribution in [3.8, 4) is 11.5 Å². The van der Waals surface area contributed by atoms with Crippen LogP contribution >= 0.6 is 0 Å². The molecule has 1 aromatic carbocycles. The van der Waals surface area contributed by atoms with Crippen molar-refractivity contribution in [1.29, 1.82) is 0 Å². The summed E-state index contributed by atoms with van der Waals surface area (Å²) >= 11 is 0. The van der Waals surface area contributed by atoms with E-state index in [9.17, 15) is 0 Å². The first-order chi connectivity index (χ1) is 13.6. The van der Waals surface area contributed by atoms with E-state index in [-0.39, 0.29) is 6.10 Å². The summed E-state index contributed by atoms with van der Waals surface area (Å²) in [7, 11) is 3.32. The van der Waals surface area contributed by atoms with Crippen LogP contribution in [0.5, 0.6) is 11.5 Å². The fourth-order valence-electron chi connectivity index (χ4n) is 3.50. The number of hydrogen-bond donors (Lipinski definition) is 0. The average Bonchev–Trinajstić information content (AvgIpc) is 3.21. The highest BCUT2D eigenvalue weighted by Gasteiger charge is 2.20. The smallest absolute Gasteiger partial charge is 0.161 e. The standard InChI is InChI=1S/C22H31N3O3/c1-16(2)22-23-11-18(12-24-22)14-25(15-19-6-5-9-28-19)13-17-7-8-20(26-3)21(10-17)27-4/h7-8,10-12,16,19H,5-6,9,13-15H2,1-4H3/t19-/m0/s1. The molecule has 6 heteroatoms. The first-order valence-corrected chi connectivity index (χ1v) is 9.94. The summed E-state index contributed by atoms with van der Waals surface area (Å²) in [6, 6.07) is 6.08. The van der Waals surface area contributed by atoms with Crippen molar-refractivity contribution in [3.63, 3.8) is 0 Å². The Balaban J connectivity index is 1.74. The van der Waals surface area contributed by atoms with Gasteiger partial charge in [0.2, 0.25) is 0 Å². The van der Waals surface area contributed by atoms with Crippen molar-refractivity contribution in [1.82, 2.24) is 14.9 Å². The number of ether oxygens (including phenoxy) is 3. The highest BCUT2D eigenvalue weighted by molar-refractivity contribution is 5.42. The van der Waals surface area contributed by atoms with E-state index in [4.69, 9.17) is 14.2 Å². The fraction of sp³-hybridized carbons (Fsp3) is 0.545. The largest absolute Gasteiger partial charge is 0.493 e. The third kappa shape index (κ3) is 5.42. The Bertz CT molecular complexity index is 743. The molecule has 1 fully saturated rings. The second-order valence-corrected chi connectivity index (χ2v) is 7.60. The number of rotatable bonds is 9. The van der Waals surface area contributed by atoms with E-state index in [1.807, 2.05) is 24.5 Å². The molecule has 152 valence electrons. The topological polar surface area (TPSA) is 56.7 Å². The molecule has 6 nitrogen and oxygen atoms in total. The van der Waals surface area contributed by atoms with Gasteiger partial charge in [-0.2, -0.15) is 0 Å². The van der Waals surface area contributed by atoms with E-state index in [1.165, 1.54) is 5.56 Å². The van der Waals surface area contributed by atoms with E-state index < -0.39 is 0 Å². The van der Waals surface area contributed by atoms with Crippen LogP contribution < -0.4 is 9.47 Å². The molecule has 0 aliphatic carbocycles. The van der Waals surface area contributed by atoms with E-state index in [1.54, 1.807) is 14.2 Å². The molecule has 3 rings (SSSR count). The van der Waals surface area contributed by atoms with Gasteiger partial charge in [0.25, 0.3) is 0 Å². The van der Waals surface area contributed by atoms with Crippen molar-refractivity contribution in [2.75, 3.05) is 27.4 Å². The second kappa shape index (κ2) is 9.85. The van der Waals surface area contributed by atoms with Gasteiger partial charge in [0.05, 0.1) is 20.3 Å². The maximum atomic E-state index is 5.87.